The topological polar surface area (TPSA) is 73.1 Å². The Morgan fingerprint density at radius 2 is 2.50 bits per heavy atom. The maximum absolute atomic E-state index is 10.8. The Bertz CT molecular complexity index is 196. The lowest BCUT2D eigenvalue weighted by Crippen LogP contribution is -2.54. The van der Waals surface area contributed by atoms with Crippen LogP contribution in [-0.4, -0.2) is 23.2 Å². The van der Waals surface area contributed by atoms with Gasteiger partial charge in [-0.25, -0.2) is 0 Å². The SMILES string of the molecule is N#CC1(O)NCCCC1=O. The number of piperidine rings is 1. The number of Topliss-reactive ketones (excluding diaryl/α,β-unsaturated/α-hetero) is 1. The molecule has 0 spiro atoms. The summed E-state index contributed by atoms with van der Waals surface area (Å²) in [4.78, 5) is 10.8. The molecule has 0 saturated carbocycles. The molecule has 54 valence electrons. The monoisotopic (exact) mass is 140 g/mol. The summed E-state index contributed by atoms with van der Waals surface area (Å²) in [7, 11) is 0. The van der Waals surface area contributed by atoms with Crippen LogP contribution >= 0.6 is 0 Å². The van der Waals surface area contributed by atoms with Gasteiger partial charge in [-0.2, -0.15) is 5.26 Å². The number of hydrogen-bond acceptors (Lipinski definition) is 4. The molecule has 2 N–H and O–H groups in total. The zero-order valence-corrected chi connectivity index (χ0v) is 5.42. The van der Waals surface area contributed by atoms with Crippen molar-refractivity contribution in [3.63, 3.8) is 0 Å². The van der Waals surface area contributed by atoms with Crippen molar-refractivity contribution in [3.8, 4) is 6.07 Å². The Balaban J connectivity index is 2.75. The van der Waals surface area contributed by atoms with Gasteiger partial charge in [0.25, 0.3) is 5.72 Å². The second-order valence-corrected chi connectivity index (χ2v) is 2.28. The second-order valence-electron chi connectivity index (χ2n) is 2.28. The van der Waals surface area contributed by atoms with E-state index in [9.17, 15) is 4.79 Å². The molecule has 0 aromatic carbocycles. The van der Waals surface area contributed by atoms with E-state index in [1.807, 2.05) is 0 Å². The normalized spacial score (nSPS) is 33.4. The van der Waals surface area contributed by atoms with Gasteiger partial charge in [0.15, 0.2) is 5.78 Å². The van der Waals surface area contributed by atoms with Gasteiger partial charge in [-0.1, -0.05) is 0 Å². The maximum Gasteiger partial charge on any atom is 0.266 e. The van der Waals surface area contributed by atoms with E-state index in [0.29, 0.717) is 13.0 Å². The largest absolute Gasteiger partial charge is 0.358 e. The smallest absolute Gasteiger partial charge is 0.266 e. The van der Waals surface area contributed by atoms with E-state index in [1.54, 1.807) is 0 Å². The van der Waals surface area contributed by atoms with Gasteiger partial charge >= 0.3 is 0 Å². The van der Waals surface area contributed by atoms with Gasteiger partial charge in [0, 0.05) is 6.42 Å². The third-order valence-electron chi connectivity index (χ3n) is 1.53. The summed E-state index contributed by atoms with van der Waals surface area (Å²) in [6, 6.07) is 1.52. The minimum Gasteiger partial charge on any atom is -0.358 e. The van der Waals surface area contributed by atoms with Gasteiger partial charge in [-0.05, 0) is 13.0 Å². The van der Waals surface area contributed by atoms with Crippen LogP contribution in [-0.2, 0) is 4.79 Å². The zero-order valence-electron chi connectivity index (χ0n) is 5.42. The Morgan fingerprint density at radius 1 is 1.80 bits per heavy atom. The summed E-state index contributed by atoms with van der Waals surface area (Å²) in [5, 5.41) is 19.9. The molecule has 1 saturated heterocycles. The summed E-state index contributed by atoms with van der Waals surface area (Å²) in [5.41, 5.74) is -1.90. The first kappa shape index (κ1) is 7.19. The maximum atomic E-state index is 10.8. The third kappa shape index (κ3) is 1.01. The molecule has 0 bridgehead atoms. The van der Waals surface area contributed by atoms with Crippen LogP contribution in [0.4, 0.5) is 0 Å². The van der Waals surface area contributed by atoms with Crippen LogP contribution in [0.2, 0.25) is 0 Å². The summed E-state index contributed by atoms with van der Waals surface area (Å²) in [5.74, 6) is -0.429. The van der Waals surface area contributed by atoms with Crippen molar-refractivity contribution in [3.05, 3.63) is 0 Å². The van der Waals surface area contributed by atoms with Crippen LogP contribution < -0.4 is 5.32 Å². The molecule has 4 nitrogen and oxygen atoms in total. The molecule has 1 rings (SSSR count). The number of nitriles is 1. The summed E-state index contributed by atoms with van der Waals surface area (Å²) >= 11 is 0. The predicted molar refractivity (Wildman–Crippen MR) is 32.8 cm³/mol. The molecule has 4 heteroatoms. The highest BCUT2D eigenvalue weighted by Gasteiger charge is 2.37. The Hall–Kier alpha value is -0.920. The van der Waals surface area contributed by atoms with Crippen molar-refractivity contribution in [2.24, 2.45) is 0 Å². The van der Waals surface area contributed by atoms with Gasteiger partial charge in [-0.3, -0.25) is 10.1 Å². The molecule has 0 aromatic heterocycles. The molecule has 0 aromatic rings. The van der Waals surface area contributed by atoms with Crippen LogP contribution in [0.15, 0.2) is 0 Å². The van der Waals surface area contributed by atoms with E-state index >= 15 is 0 Å². The van der Waals surface area contributed by atoms with Gasteiger partial charge in [0.2, 0.25) is 0 Å². The summed E-state index contributed by atoms with van der Waals surface area (Å²) in [6.45, 7) is 0.524. The van der Waals surface area contributed by atoms with E-state index in [0.717, 1.165) is 0 Å². The molecular formula is C6H8N2O2. The van der Waals surface area contributed by atoms with Crippen LogP contribution in [0.3, 0.4) is 0 Å². The number of hydrogen-bond donors (Lipinski definition) is 2. The minimum atomic E-state index is -1.90. The molecule has 1 aliphatic rings. The first-order chi connectivity index (χ1) is 4.69. The number of rotatable bonds is 0. The van der Waals surface area contributed by atoms with Crippen LogP contribution in [0.1, 0.15) is 12.8 Å². The van der Waals surface area contributed by atoms with E-state index in [1.165, 1.54) is 6.07 Å². The van der Waals surface area contributed by atoms with E-state index in [-0.39, 0.29) is 6.42 Å². The molecule has 0 amide bonds. The molecule has 0 radical (unpaired) electrons. The summed E-state index contributed by atoms with van der Waals surface area (Å²) < 4.78 is 0. The first-order valence-electron chi connectivity index (χ1n) is 3.11. The highest BCUT2D eigenvalue weighted by molar-refractivity contribution is 5.90. The van der Waals surface area contributed by atoms with E-state index in [2.05, 4.69) is 5.32 Å². The molecular weight excluding hydrogens is 132 g/mol. The van der Waals surface area contributed by atoms with Crippen molar-refractivity contribution in [1.29, 1.82) is 5.26 Å². The second kappa shape index (κ2) is 2.37. The highest BCUT2D eigenvalue weighted by atomic mass is 16.3. The molecule has 10 heavy (non-hydrogen) atoms. The number of nitrogens with zero attached hydrogens (tertiary/aromatic N) is 1. The van der Waals surface area contributed by atoms with Gasteiger partial charge in [0.05, 0.1) is 0 Å². The number of nitrogens with one attached hydrogen (secondary N) is 1. The zero-order chi connectivity index (χ0) is 7.61. The number of carbonyl (C=O) groups is 1. The van der Waals surface area contributed by atoms with Gasteiger partial charge in [0.1, 0.15) is 6.07 Å². The first-order valence-corrected chi connectivity index (χ1v) is 3.11. The molecule has 1 fully saturated rings. The quantitative estimate of drug-likeness (QED) is 0.430. The van der Waals surface area contributed by atoms with Crippen LogP contribution in [0.5, 0.6) is 0 Å². The minimum absolute atomic E-state index is 0.289. The van der Waals surface area contributed by atoms with Gasteiger partial charge < -0.3 is 5.11 Å². The van der Waals surface area contributed by atoms with E-state index < -0.39 is 11.5 Å². The molecule has 1 aliphatic heterocycles. The molecule has 0 aliphatic carbocycles. The van der Waals surface area contributed by atoms with Crippen LogP contribution in [0, 0.1) is 11.3 Å². The van der Waals surface area contributed by atoms with Crippen molar-refractivity contribution in [2.75, 3.05) is 6.54 Å². The summed E-state index contributed by atoms with van der Waals surface area (Å²) in [6.07, 6.45) is 0.986. The lowest BCUT2D eigenvalue weighted by atomic mass is 10.0. The third-order valence-corrected chi connectivity index (χ3v) is 1.53. The number of ketones is 1. The Labute approximate surface area is 58.5 Å². The van der Waals surface area contributed by atoms with Gasteiger partial charge in [-0.15, -0.1) is 0 Å². The highest BCUT2D eigenvalue weighted by Crippen LogP contribution is 2.10. The number of aliphatic hydroxyl groups is 1. The number of carbonyl (C=O) groups excluding carboxylic acids is 1. The van der Waals surface area contributed by atoms with Crippen LogP contribution in [0.25, 0.3) is 0 Å². The molecule has 1 atom stereocenters. The fourth-order valence-corrected chi connectivity index (χ4v) is 0.900. The van der Waals surface area contributed by atoms with Crippen molar-refractivity contribution in [2.45, 2.75) is 18.6 Å². The lowest BCUT2D eigenvalue weighted by Gasteiger charge is -2.24. The van der Waals surface area contributed by atoms with Crippen molar-refractivity contribution in [1.82, 2.24) is 5.32 Å². The van der Waals surface area contributed by atoms with Crippen molar-refractivity contribution < 1.29 is 9.90 Å². The van der Waals surface area contributed by atoms with E-state index in [4.69, 9.17) is 10.4 Å². The molecule has 1 heterocycles. The average Bonchev–Trinajstić information content (AvgIpc) is 1.96. The fraction of sp³-hybridized carbons (Fsp3) is 0.667. The average molecular weight is 140 g/mol. The Kier molecular flexibility index (Phi) is 1.70. The lowest BCUT2D eigenvalue weighted by molar-refractivity contribution is -0.137. The molecule has 1 unspecified atom stereocenters. The Morgan fingerprint density at radius 3 is 2.90 bits per heavy atom. The standard InChI is InChI=1S/C6H8N2O2/c7-4-6(10)5(9)2-1-3-8-6/h8,10H,1-3H2. The van der Waals surface area contributed by atoms with Crippen molar-refractivity contribution >= 4 is 5.78 Å². The predicted octanol–water partition coefficient (Wildman–Crippen LogP) is -0.849. The fourth-order valence-electron chi connectivity index (χ4n) is 0.900.